The van der Waals surface area contributed by atoms with Crippen molar-refractivity contribution in [3.8, 4) is 0 Å². The second-order valence-electron chi connectivity index (χ2n) is 5.03. The molecule has 0 fully saturated rings. The maximum absolute atomic E-state index is 8.49. The quantitative estimate of drug-likeness (QED) is 0.385. The number of hydrogen-bond acceptors (Lipinski definition) is 3. The fourth-order valence-electron chi connectivity index (χ4n) is 1.98. The van der Waals surface area contributed by atoms with Gasteiger partial charge in [0.1, 0.15) is 10.9 Å². The van der Waals surface area contributed by atoms with E-state index in [-0.39, 0.29) is 12.5 Å². The summed E-state index contributed by atoms with van der Waals surface area (Å²) in [7, 11) is 1.91. The van der Waals surface area contributed by atoms with E-state index >= 15 is 0 Å². The Morgan fingerprint density at radius 3 is 2.50 bits per heavy atom. The van der Waals surface area contributed by atoms with Crippen LogP contribution in [0.5, 0.6) is 0 Å². The van der Waals surface area contributed by atoms with Crippen LogP contribution in [0.25, 0.3) is 10.4 Å². The zero-order valence-corrected chi connectivity index (χ0v) is 14.7. The van der Waals surface area contributed by atoms with Crippen LogP contribution in [0.2, 0.25) is 10.0 Å². The minimum atomic E-state index is 0.226. The van der Waals surface area contributed by atoms with Crippen molar-refractivity contribution in [1.29, 1.82) is 0 Å². The molecule has 2 rings (SSSR count). The predicted molar refractivity (Wildman–Crippen MR) is 90.7 cm³/mol. The molecule has 22 heavy (non-hydrogen) atoms. The molecule has 1 heterocycles. The highest BCUT2D eigenvalue weighted by molar-refractivity contribution is 7.99. The number of nitrogens with zero attached hydrogens (tertiary/aromatic N) is 5. The van der Waals surface area contributed by atoms with Crippen LogP contribution in [0.3, 0.4) is 0 Å². The molecule has 0 saturated carbocycles. The van der Waals surface area contributed by atoms with Crippen LogP contribution in [-0.2, 0) is 13.6 Å². The van der Waals surface area contributed by atoms with E-state index in [0.29, 0.717) is 10.0 Å². The average Bonchev–Trinajstić information content (AvgIpc) is 2.73. The molecule has 0 aliphatic heterocycles. The van der Waals surface area contributed by atoms with Crippen molar-refractivity contribution in [2.75, 3.05) is 0 Å². The summed E-state index contributed by atoms with van der Waals surface area (Å²) in [6.07, 6.45) is 0. The maximum Gasteiger partial charge on any atom is 0.115 e. The lowest BCUT2D eigenvalue weighted by atomic mass is 10.2. The van der Waals surface area contributed by atoms with Crippen LogP contribution < -0.4 is 0 Å². The van der Waals surface area contributed by atoms with Gasteiger partial charge in [-0.15, -0.1) is 0 Å². The largest absolute Gasteiger partial charge is 0.326 e. The average molecular weight is 356 g/mol. The van der Waals surface area contributed by atoms with E-state index in [2.05, 4.69) is 28.9 Å². The lowest BCUT2D eigenvalue weighted by Crippen LogP contribution is -1.97. The van der Waals surface area contributed by atoms with Crippen molar-refractivity contribution in [2.45, 2.75) is 36.2 Å². The van der Waals surface area contributed by atoms with E-state index in [9.17, 15) is 0 Å². The number of imidazole rings is 1. The van der Waals surface area contributed by atoms with Crippen molar-refractivity contribution in [3.63, 3.8) is 0 Å². The van der Waals surface area contributed by atoms with E-state index in [1.54, 1.807) is 17.8 Å². The van der Waals surface area contributed by atoms with Gasteiger partial charge >= 0.3 is 0 Å². The van der Waals surface area contributed by atoms with Crippen molar-refractivity contribution in [2.24, 2.45) is 12.2 Å². The highest BCUT2D eigenvalue weighted by Gasteiger charge is 2.18. The smallest absolute Gasteiger partial charge is 0.115 e. The van der Waals surface area contributed by atoms with Gasteiger partial charge in [0.25, 0.3) is 0 Å². The SMILES string of the molecule is CC(C)c1nc(CN=[N+]=[N-])n(C)c1Sc1cc(Cl)cc(Cl)c1. The van der Waals surface area contributed by atoms with Crippen LogP contribution >= 0.6 is 35.0 Å². The van der Waals surface area contributed by atoms with Crippen molar-refractivity contribution in [3.05, 3.63) is 50.2 Å². The number of halogens is 2. The summed E-state index contributed by atoms with van der Waals surface area (Å²) >= 11 is 13.7. The maximum atomic E-state index is 8.49. The Balaban J connectivity index is 2.44. The summed E-state index contributed by atoms with van der Waals surface area (Å²) in [4.78, 5) is 8.33. The van der Waals surface area contributed by atoms with Crippen LogP contribution in [0.1, 0.15) is 31.3 Å². The number of aromatic nitrogens is 2. The Morgan fingerprint density at radius 1 is 1.32 bits per heavy atom. The van der Waals surface area contributed by atoms with E-state index in [1.165, 1.54) is 0 Å². The number of rotatable bonds is 5. The van der Waals surface area contributed by atoms with Crippen LogP contribution in [0, 0.1) is 0 Å². The first kappa shape index (κ1) is 17.0. The van der Waals surface area contributed by atoms with E-state index in [4.69, 9.17) is 28.7 Å². The molecule has 0 N–H and O–H groups in total. The Bertz CT molecular complexity index is 715. The first-order valence-electron chi connectivity index (χ1n) is 6.62. The third-order valence-electron chi connectivity index (χ3n) is 3.03. The van der Waals surface area contributed by atoms with Gasteiger partial charge in [0.15, 0.2) is 0 Å². The van der Waals surface area contributed by atoms with Gasteiger partial charge < -0.3 is 4.57 Å². The number of azide groups is 1. The summed E-state index contributed by atoms with van der Waals surface area (Å²) in [5.41, 5.74) is 9.45. The Kier molecular flexibility index (Phi) is 5.64. The molecule has 0 amide bonds. The lowest BCUT2D eigenvalue weighted by molar-refractivity contribution is 0.731. The summed E-state index contributed by atoms with van der Waals surface area (Å²) in [5.74, 6) is 0.986. The zero-order chi connectivity index (χ0) is 16.3. The van der Waals surface area contributed by atoms with Crippen molar-refractivity contribution >= 4 is 35.0 Å². The summed E-state index contributed by atoms with van der Waals surface area (Å²) in [5, 5.41) is 5.78. The van der Waals surface area contributed by atoms with E-state index in [0.717, 1.165) is 21.4 Å². The molecule has 0 bridgehead atoms. The third kappa shape index (κ3) is 3.90. The van der Waals surface area contributed by atoms with Gasteiger partial charge in [-0.25, -0.2) is 4.98 Å². The fourth-order valence-corrected chi connectivity index (χ4v) is 3.86. The first-order valence-corrected chi connectivity index (χ1v) is 8.20. The molecule has 0 saturated heterocycles. The monoisotopic (exact) mass is 355 g/mol. The fraction of sp³-hybridized carbons (Fsp3) is 0.357. The van der Waals surface area contributed by atoms with Crippen LogP contribution in [-0.4, -0.2) is 9.55 Å². The molecule has 0 aliphatic rings. The summed E-state index contributed by atoms with van der Waals surface area (Å²) in [6.45, 7) is 4.38. The Morgan fingerprint density at radius 2 is 1.95 bits per heavy atom. The molecule has 0 spiro atoms. The molecular formula is C14H15Cl2N5S. The second kappa shape index (κ2) is 7.29. The van der Waals surface area contributed by atoms with E-state index in [1.807, 2.05) is 23.7 Å². The molecule has 0 aliphatic carbocycles. The third-order valence-corrected chi connectivity index (χ3v) is 4.62. The number of hydrogen-bond donors (Lipinski definition) is 0. The van der Waals surface area contributed by atoms with Gasteiger partial charge in [-0.2, -0.15) is 0 Å². The molecule has 8 heteroatoms. The van der Waals surface area contributed by atoms with Gasteiger partial charge in [-0.1, -0.05) is 53.9 Å². The molecule has 116 valence electrons. The molecule has 1 aromatic carbocycles. The number of benzene rings is 1. The molecule has 0 atom stereocenters. The highest BCUT2D eigenvalue weighted by Crippen LogP contribution is 2.36. The second-order valence-corrected chi connectivity index (χ2v) is 6.96. The molecular weight excluding hydrogens is 341 g/mol. The van der Waals surface area contributed by atoms with Gasteiger partial charge in [0.2, 0.25) is 0 Å². The van der Waals surface area contributed by atoms with E-state index < -0.39 is 0 Å². The normalized spacial score (nSPS) is 10.8. The van der Waals surface area contributed by atoms with Gasteiger partial charge in [-0.3, -0.25) is 0 Å². The highest BCUT2D eigenvalue weighted by atomic mass is 35.5. The molecule has 1 aromatic heterocycles. The topological polar surface area (TPSA) is 66.6 Å². The Labute approximate surface area is 143 Å². The molecule has 2 aromatic rings. The van der Waals surface area contributed by atoms with Crippen LogP contribution in [0.15, 0.2) is 33.2 Å². The van der Waals surface area contributed by atoms with Gasteiger partial charge in [0.05, 0.1) is 12.2 Å². The summed E-state index contributed by atoms with van der Waals surface area (Å²) < 4.78 is 1.95. The van der Waals surface area contributed by atoms with Crippen molar-refractivity contribution < 1.29 is 0 Å². The minimum absolute atomic E-state index is 0.226. The summed E-state index contributed by atoms with van der Waals surface area (Å²) in [6, 6.07) is 5.43. The van der Waals surface area contributed by atoms with Crippen LogP contribution in [0.4, 0.5) is 0 Å². The van der Waals surface area contributed by atoms with Gasteiger partial charge in [-0.05, 0) is 29.6 Å². The van der Waals surface area contributed by atoms with Gasteiger partial charge in [0, 0.05) is 26.9 Å². The molecule has 0 radical (unpaired) electrons. The zero-order valence-electron chi connectivity index (χ0n) is 12.4. The molecule has 5 nitrogen and oxygen atoms in total. The van der Waals surface area contributed by atoms with Crippen molar-refractivity contribution in [1.82, 2.24) is 9.55 Å². The minimum Gasteiger partial charge on any atom is -0.326 e. The lowest BCUT2D eigenvalue weighted by Gasteiger charge is -2.09. The molecule has 0 unspecified atom stereocenters. The predicted octanol–water partition coefficient (Wildman–Crippen LogP) is 5.81. The first-order chi connectivity index (χ1) is 10.4. The standard InChI is InChI=1S/C14H15Cl2N5S/c1-8(2)13-14(21(3)12(19-13)7-18-20-17)22-11-5-9(15)4-10(16)6-11/h4-6,8H,7H2,1-3H3. The Hall–Kier alpha value is -1.33.